The molecule has 2 heterocycles. The number of hydrogen-bond donors (Lipinski definition) is 1. The first-order chi connectivity index (χ1) is 12.8. The van der Waals surface area contributed by atoms with Crippen molar-refractivity contribution in [1.82, 2.24) is 14.6 Å². The fraction of sp³-hybridized carbons (Fsp3) is 0.100. The van der Waals surface area contributed by atoms with Gasteiger partial charge in [-0.2, -0.15) is 9.61 Å². The van der Waals surface area contributed by atoms with Gasteiger partial charge in [-0.05, 0) is 29.8 Å². The number of nitrogens with zero attached hydrogens (tertiary/aromatic N) is 3. The second kappa shape index (κ2) is 6.84. The quantitative estimate of drug-likeness (QED) is 0.588. The second-order valence-corrected chi connectivity index (χ2v) is 5.81. The number of benzene rings is 2. The summed E-state index contributed by atoms with van der Waals surface area (Å²) >= 11 is 0. The van der Waals surface area contributed by atoms with Crippen molar-refractivity contribution in [2.24, 2.45) is 0 Å². The van der Waals surface area contributed by atoms with Crippen LogP contribution in [0.5, 0.6) is 5.75 Å². The molecule has 6 heteroatoms. The Morgan fingerprint density at radius 3 is 2.62 bits per heavy atom. The number of aromatic nitrogens is 3. The topological polar surface area (TPSA) is 51.5 Å². The molecule has 0 unspecified atom stereocenters. The maximum absolute atomic E-state index is 14.1. The molecular weight excluding hydrogens is 331 g/mol. The Balaban J connectivity index is 1.63. The van der Waals surface area contributed by atoms with Gasteiger partial charge in [0.2, 0.25) is 0 Å². The lowest BCUT2D eigenvalue weighted by molar-refractivity contribution is 0.414. The highest BCUT2D eigenvalue weighted by molar-refractivity contribution is 5.78. The number of methoxy groups -OCH3 is 1. The standard InChI is InChI=1S/C20H17FN4O/c1-26-15-8-6-14(7-9-15)12-23-19-10-11-22-20-17(13-24-25(19)20)16-4-2-3-5-18(16)21/h2-11,13,23H,12H2,1H3. The van der Waals surface area contributed by atoms with Crippen molar-refractivity contribution in [2.75, 3.05) is 12.4 Å². The SMILES string of the molecule is COc1ccc(CNc2ccnc3c(-c4ccccc4F)cnn23)cc1. The van der Waals surface area contributed by atoms with Gasteiger partial charge >= 0.3 is 0 Å². The predicted octanol–water partition coefficient (Wildman–Crippen LogP) is 4.16. The van der Waals surface area contributed by atoms with Crippen molar-refractivity contribution in [3.8, 4) is 16.9 Å². The Hall–Kier alpha value is -3.41. The van der Waals surface area contributed by atoms with Crippen LogP contribution in [-0.2, 0) is 6.54 Å². The Morgan fingerprint density at radius 2 is 1.85 bits per heavy atom. The minimum atomic E-state index is -0.291. The Kier molecular flexibility index (Phi) is 4.23. The largest absolute Gasteiger partial charge is 0.497 e. The lowest BCUT2D eigenvalue weighted by atomic mass is 10.1. The highest BCUT2D eigenvalue weighted by atomic mass is 19.1. The molecule has 1 N–H and O–H groups in total. The summed E-state index contributed by atoms with van der Waals surface area (Å²) in [7, 11) is 1.64. The van der Waals surface area contributed by atoms with Gasteiger partial charge in [0.15, 0.2) is 5.65 Å². The highest BCUT2D eigenvalue weighted by Crippen LogP contribution is 2.27. The van der Waals surface area contributed by atoms with Crippen molar-refractivity contribution in [1.29, 1.82) is 0 Å². The summed E-state index contributed by atoms with van der Waals surface area (Å²) in [5.41, 5.74) is 2.87. The number of anilines is 1. The van der Waals surface area contributed by atoms with Crippen LogP contribution in [0.4, 0.5) is 10.2 Å². The van der Waals surface area contributed by atoms with Gasteiger partial charge in [-0.3, -0.25) is 0 Å². The molecule has 0 aliphatic heterocycles. The third kappa shape index (κ3) is 2.97. The fourth-order valence-corrected chi connectivity index (χ4v) is 2.83. The van der Waals surface area contributed by atoms with E-state index in [-0.39, 0.29) is 5.82 Å². The lowest BCUT2D eigenvalue weighted by Crippen LogP contribution is -2.05. The van der Waals surface area contributed by atoms with Crippen LogP contribution in [0.1, 0.15) is 5.56 Å². The summed E-state index contributed by atoms with van der Waals surface area (Å²) < 4.78 is 21.0. The molecule has 2 aromatic heterocycles. The maximum atomic E-state index is 14.1. The van der Waals surface area contributed by atoms with Crippen LogP contribution in [0, 0.1) is 5.82 Å². The average molecular weight is 348 g/mol. The number of halogens is 1. The summed E-state index contributed by atoms with van der Waals surface area (Å²) in [6.07, 6.45) is 3.33. The minimum Gasteiger partial charge on any atom is -0.497 e. The van der Waals surface area contributed by atoms with Gasteiger partial charge in [-0.1, -0.05) is 30.3 Å². The van der Waals surface area contributed by atoms with E-state index in [2.05, 4.69) is 15.4 Å². The van der Waals surface area contributed by atoms with E-state index in [0.717, 1.165) is 17.1 Å². The van der Waals surface area contributed by atoms with Crippen LogP contribution in [0.2, 0.25) is 0 Å². The molecule has 2 aromatic carbocycles. The molecular formula is C20H17FN4O. The summed E-state index contributed by atoms with van der Waals surface area (Å²) in [6.45, 7) is 0.623. The monoisotopic (exact) mass is 348 g/mol. The molecule has 5 nitrogen and oxygen atoms in total. The summed E-state index contributed by atoms with van der Waals surface area (Å²) in [5.74, 6) is 1.32. The van der Waals surface area contributed by atoms with E-state index in [9.17, 15) is 4.39 Å². The molecule has 0 spiro atoms. The molecule has 4 aromatic rings. The van der Waals surface area contributed by atoms with Gasteiger partial charge in [0.1, 0.15) is 17.4 Å². The van der Waals surface area contributed by atoms with Gasteiger partial charge in [-0.15, -0.1) is 0 Å². The fourth-order valence-electron chi connectivity index (χ4n) is 2.83. The smallest absolute Gasteiger partial charge is 0.165 e. The van der Waals surface area contributed by atoms with Crippen molar-refractivity contribution in [2.45, 2.75) is 6.54 Å². The van der Waals surface area contributed by atoms with Gasteiger partial charge in [-0.25, -0.2) is 9.37 Å². The maximum Gasteiger partial charge on any atom is 0.165 e. The normalized spacial score (nSPS) is 10.8. The van der Waals surface area contributed by atoms with Gasteiger partial charge in [0.25, 0.3) is 0 Å². The van der Waals surface area contributed by atoms with Crippen LogP contribution in [0.25, 0.3) is 16.8 Å². The van der Waals surface area contributed by atoms with E-state index >= 15 is 0 Å². The average Bonchev–Trinajstić information content (AvgIpc) is 3.12. The molecule has 0 fully saturated rings. The molecule has 0 radical (unpaired) electrons. The predicted molar refractivity (Wildman–Crippen MR) is 98.7 cm³/mol. The lowest BCUT2D eigenvalue weighted by Gasteiger charge is -2.09. The minimum absolute atomic E-state index is 0.291. The van der Waals surface area contributed by atoms with E-state index in [0.29, 0.717) is 23.3 Å². The van der Waals surface area contributed by atoms with Crippen molar-refractivity contribution < 1.29 is 9.13 Å². The molecule has 0 atom stereocenters. The van der Waals surface area contributed by atoms with E-state index in [4.69, 9.17) is 4.74 Å². The molecule has 0 bridgehead atoms. The van der Waals surface area contributed by atoms with Crippen molar-refractivity contribution >= 4 is 11.5 Å². The van der Waals surface area contributed by atoms with E-state index < -0.39 is 0 Å². The molecule has 130 valence electrons. The van der Waals surface area contributed by atoms with Crippen LogP contribution >= 0.6 is 0 Å². The highest BCUT2D eigenvalue weighted by Gasteiger charge is 2.13. The summed E-state index contributed by atoms with van der Waals surface area (Å²) in [6, 6.07) is 16.3. The van der Waals surface area contributed by atoms with Crippen LogP contribution in [0.3, 0.4) is 0 Å². The van der Waals surface area contributed by atoms with E-state index in [1.165, 1.54) is 6.07 Å². The Labute approximate surface area is 150 Å². The van der Waals surface area contributed by atoms with E-state index in [1.54, 1.807) is 42.2 Å². The number of hydrogen-bond acceptors (Lipinski definition) is 4. The zero-order chi connectivity index (χ0) is 17.9. The Bertz CT molecular complexity index is 1040. The van der Waals surface area contributed by atoms with Crippen LogP contribution in [-0.4, -0.2) is 21.7 Å². The molecule has 4 rings (SSSR count). The zero-order valence-electron chi connectivity index (χ0n) is 14.2. The first kappa shape index (κ1) is 16.1. The number of fused-ring (bicyclic) bond motifs is 1. The van der Waals surface area contributed by atoms with E-state index in [1.807, 2.05) is 30.3 Å². The van der Waals surface area contributed by atoms with Gasteiger partial charge in [0.05, 0.1) is 13.3 Å². The number of rotatable bonds is 5. The van der Waals surface area contributed by atoms with Crippen LogP contribution < -0.4 is 10.1 Å². The molecule has 0 aliphatic carbocycles. The van der Waals surface area contributed by atoms with Gasteiger partial charge < -0.3 is 10.1 Å². The Morgan fingerprint density at radius 1 is 1.04 bits per heavy atom. The first-order valence-electron chi connectivity index (χ1n) is 8.21. The first-order valence-corrected chi connectivity index (χ1v) is 8.21. The molecule has 0 saturated carbocycles. The zero-order valence-corrected chi connectivity index (χ0v) is 14.2. The number of ether oxygens (including phenoxy) is 1. The van der Waals surface area contributed by atoms with Crippen LogP contribution in [0.15, 0.2) is 67.0 Å². The third-order valence-corrected chi connectivity index (χ3v) is 4.20. The molecule has 0 amide bonds. The van der Waals surface area contributed by atoms with Crippen molar-refractivity contribution in [3.63, 3.8) is 0 Å². The number of nitrogens with one attached hydrogen (secondary N) is 1. The molecule has 0 aliphatic rings. The molecule has 0 saturated heterocycles. The third-order valence-electron chi connectivity index (χ3n) is 4.20. The summed E-state index contributed by atoms with van der Waals surface area (Å²) in [5, 5.41) is 7.73. The van der Waals surface area contributed by atoms with Crippen molar-refractivity contribution in [3.05, 3.63) is 78.4 Å². The second-order valence-electron chi connectivity index (χ2n) is 5.81. The van der Waals surface area contributed by atoms with Gasteiger partial charge in [0, 0.05) is 23.9 Å². The molecule has 26 heavy (non-hydrogen) atoms. The summed E-state index contributed by atoms with van der Waals surface area (Å²) in [4.78, 5) is 4.37.